The Bertz CT molecular complexity index is 985. The Hall–Kier alpha value is -3.54. The molecule has 0 spiro atoms. The number of carbonyl (C=O) groups excluding carboxylic acids is 2. The summed E-state index contributed by atoms with van der Waals surface area (Å²) in [5, 5.41) is 7.91. The minimum atomic E-state index is -0.394. The average molecular weight is 375 g/mol. The number of hydrogen-bond donors (Lipinski definition) is 2. The third kappa shape index (κ3) is 3.91. The van der Waals surface area contributed by atoms with Crippen LogP contribution in [0.1, 0.15) is 5.56 Å². The van der Waals surface area contributed by atoms with Gasteiger partial charge in [-0.25, -0.2) is 9.59 Å². The predicted octanol–water partition coefficient (Wildman–Crippen LogP) is 3.66. The summed E-state index contributed by atoms with van der Waals surface area (Å²) in [6, 6.07) is 23.1. The minimum absolute atomic E-state index is 0.260. The maximum Gasteiger partial charge on any atom is 0.414 e. The summed E-state index contributed by atoms with van der Waals surface area (Å²) in [6.07, 6.45) is -0.773. The van der Waals surface area contributed by atoms with Crippen molar-refractivity contribution in [3.8, 4) is 0 Å². The fraction of sp³-hybridized carbons (Fsp3) is 0.182. The lowest BCUT2D eigenvalue weighted by molar-refractivity contribution is 0.140. The number of ether oxygens (including phenoxy) is 1. The molecule has 4 rings (SSSR count). The molecule has 6 nitrogen and oxygen atoms in total. The Balaban J connectivity index is 1.29. The van der Waals surface area contributed by atoms with Crippen molar-refractivity contribution in [2.75, 3.05) is 18.0 Å². The second-order valence-corrected chi connectivity index (χ2v) is 6.65. The van der Waals surface area contributed by atoms with Gasteiger partial charge in [0.2, 0.25) is 0 Å². The van der Waals surface area contributed by atoms with Gasteiger partial charge in [0.15, 0.2) is 0 Å². The van der Waals surface area contributed by atoms with E-state index in [2.05, 4.69) is 10.6 Å². The summed E-state index contributed by atoms with van der Waals surface area (Å²) in [6.45, 7) is 1.09. The molecule has 1 fully saturated rings. The van der Waals surface area contributed by atoms with E-state index in [0.717, 1.165) is 22.0 Å². The molecule has 0 bridgehead atoms. The molecule has 142 valence electrons. The largest absolute Gasteiger partial charge is 0.442 e. The predicted molar refractivity (Wildman–Crippen MR) is 108 cm³/mol. The molecule has 1 aliphatic heterocycles. The van der Waals surface area contributed by atoms with Gasteiger partial charge in [0.1, 0.15) is 6.10 Å². The molecule has 0 radical (unpaired) electrons. The summed E-state index contributed by atoms with van der Waals surface area (Å²) in [7, 11) is 0. The number of nitrogens with zero attached hydrogens (tertiary/aromatic N) is 1. The summed E-state index contributed by atoms with van der Waals surface area (Å²) in [5.41, 5.74) is 1.84. The highest BCUT2D eigenvalue weighted by atomic mass is 16.6. The van der Waals surface area contributed by atoms with Crippen molar-refractivity contribution in [2.45, 2.75) is 12.6 Å². The van der Waals surface area contributed by atoms with E-state index in [1.165, 1.54) is 0 Å². The summed E-state index contributed by atoms with van der Waals surface area (Å²) in [5.74, 6) is 0. The van der Waals surface area contributed by atoms with Crippen LogP contribution in [0.2, 0.25) is 0 Å². The van der Waals surface area contributed by atoms with Gasteiger partial charge in [-0.1, -0.05) is 60.7 Å². The number of cyclic esters (lactones) is 1. The highest BCUT2D eigenvalue weighted by Crippen LogP contribution is 2.21. The second-order valence-electron chi connectivity index (χ2n) is 6.65. The van der Waals surface area contributed by atoms with Crippen molar-refractivity contribution in [3.05, 3.63) is 78.4 Å². The second kappa shape index (κ2) is 8.00. The average Bonchev–Trinajstić information content (AvgIpc) is 3.12. The molecule has 6 heteroatoms. The maximum absolute atomic E-state index is 12.2. The van der Waals surface area contributed by atoms with Crippen LogP contribution in [0.15, 0.2) is 72.8 Å². The van der Waals surface area contributed by atoms with E-state index >= 15 is 0 Å². The Kier molecular flexibility index (Phi) is 5.10. The van der Waals surface area contributed by atoms with Gasteiger partial charge >= 0.3 is 12.1 Å². The van der Waals surface area contributed by atoms with E-state index < -0.39 is 6.09 Å². The Morgan fingerprint density at radius 1 is 0.964 bits per heavy atom. The van der Waals surface area contributed by atoms with Crippen molar-refractivity contribution in [1.82, 2.24) is 10.6 Å². The van der Waals surface area contributed by atoms with Crippen molar-refractivity contribution in [3.63, 3.8) is 0 Å². The fourth-order valence-electron chi connectivity index (χ4n) is 3.34. The van der Waals surface area contributed by atoms with Crippen LogP contribution in [0.25, 0.3) is 10.8 Å². The zero-order chi connectivity index (χ0) is 19.3. The van der Waals surface area contributed by atoms with Crippen LogP contribution in [-0.4, -0.2) is 31.3 Å². The molecule has 0 saturated carbocycles. The molecule has 2 N–H and O–H groups in total. The summed E-state index contributed by atoms with van der Waals surface area (Å²) < 4.78 is 5.34. The van der Waals surface area contributed by atoms with Gasteiger partial charge in [-0.2, -0.15) is 0 Å². The smallest absolute Gasteiger partial charge is 0.414 e. The van der Waals surface area contributed by atoms with Gasteiger partial charge in [-0.15, -0.1) is 0 Å². The number of para-hydroxylation sites is 1. The van der Waals surface area contributed by atoms with E-state index in [4.69, 9.17) is 4.74 Å². The molecular weight excluding hydrogens is 354 g/mol. The molecule has 0 unspecified atom stereocenters. The van der Waals surface area contributed by atoms with Crippen LogP contribution in [0.4, 0.5) is 15.3 Å². The van der Waals surface area contributed by atoms with E-state index in [0.29, 0.717) is 13.1 Å². The first-order valence-corrected chi connectivity index (χ1v) is 9.22. The lowest BCUT2D eigenvalue weighted by atomic mass is 10.0. The van der Waals surface area contributed by atoms with E-state index in [-0.39, 0.29) is 18.7 Å². The molecule has 3 amide bonds. The Labute approximate surface area is 163 Å². The number of amides is 3. The van der Waals surface area contributed by atoms with Gasteiger partial charge in [-0.3, -0.25) is 4.90 Å². The summed E-state index contributed by atoms with van der Waals surface area (Å²) in [4.78, 5) is 25.8. The Morgan fingerprint density at radius 2 is 1.71 bits per heavy atom. The van der Waals surface area contributed by atoms with Crippen LogP contribution < -0.4 is 15.5 Å². The molecule has 1 saturated heterocycles. The topological polar surface area (TPSA) is 70.7 Å². The van der Waals surface area contributed by atoms with Crippen LogP contribution in [-0.2, 0) is 11.3 Å². The quantitative estimate of drug-likeness (QED) is 0.715. The SMILES string of the molecule is O=C(NCc1cccc2ccccc12)NC[C@@H]1CN(c2ccccc2)C(=O)O1. The van der Waals surface area contributed by atoms with Crippen LogP contribution in [0.5, 0.6) is 0 Å². The lowest BCUT2D eigenvalue weighted by Gasteiger charge is -2.13. The lowest BCUT2D eigenvalue weighted by Crippen LogP contribution is -2.40. The number of rotatable bonds is 5. The maximum atomic E-state index is 12.2. The number of benzene rings is 3. The molecule has 1 aliphatic rings. The molecule has 28 heavy (non-hydrogen) atoms. The van der Waals surface area contributed by atoms with Crippen molar-refractivity contribution < 1.29 is 14.3 Å². The van der Waals surface area contributed by atoms with E-state index in [1.807, 2.05) is 72.8 Å². The number of urea groups is 1. The first-order chi connectivity index (χ1) is 13.7. The van der Waals surface area contributed by atoms with Gasteiger partial charge in [0.25, 0.3) is 0 Å². The van der Waals surface area contributed by atoms with E-state index in [9.17, 15) is 9.59 Å². The van der Waals surface area contributed by atoms with Crippen molar-refractivity contribution in [1.29, 1.82) is 0 Å². The zero-order valence-corrected chi connectivity index (χ0v) is 15.3. The zero-order valence-electron chi connectivity index (χ0n) is 15.3. The third-order valence-corrected chi connectivity index (χ3v) is 4.75. The van der Waals surface area contributed by atoms with Crippen molar-refractivity contribution >= 4 is 28.6 Å². The molecule has 0 aromatic heterocycles. The molecule has 0 aliphatic carbocycles. The number of fused-ring (bicyclic) bond motifs is 1. The molecule has 1 heterocycles. The van der Waals surface area contributed by atoms with Crippen LogP contribution in [0.3, 0.4) is 0 Å². The number of nitrogens with one attached hydrogen (secondary N) is 2. The Morgan fingerprint density at radius 3 is 2.57 bits per heavy atom. The molecule has 1 atom stereocenters. The van der Waals surface area contributed by atoms with Crippen LogP contribution >= 0.6 is 0 Å². The van der Waals surface area contributed by atoms with Gasteiger partial charge < -0.3 is 15.4 Å². The first-order valence-electron chi connectivity index (χ1n) is 9.22. The fourth-order valence-corrected chi connectivity index (χ4v) is 3.34. The number of anilines is 1. The van der Waals surface area contributed by atoms with Crippen molar-refractivity contribution in [2.24, 2.45) is 0 Å². The standard InChI is InChI=1S/C22H21N3O3/c26-21(23-13-17-9-6-8-16-7-4-5-12-20(16)17)24-14-19-15-25(22(27)28-19)18-10-2-1-3-11-18/h1-12,19H,13-15H2,(H2,23,24,26)/t19-/m1/s1. The third-order valence-electron chi connectivity index (χ3n) is 4.75. The molecular formula is C22H21N3O3. The van der Waals surface area contributed by atoms with Gasteiger partial charge in [-0.05, 0) is 28.5 Å². The van der Waals surface area contributed by atoms with Gasteiger partial charge in [0, 0.05) is 12.2 Å². The van der Waals surface area contributed by atoms with Crippen LogP contribution in [0, 0.1) is 0 Å². The first kappa shape index (κ1) is 17.9. The minimum Gasteiger partial charge on any atom is -0.442 e. The summed E-state index contributed by atoms with van der Waals surface area (Å²) >= 11 is 0. The normalized spacial score (nSPS) is 16.1. The highest BCUT2D eigenvalue weighted by molar-refractivity contribution is 5.90. The van der Waals surface area contributed by atoms with E-state index in [1.54, 1.807) is 4.90 Å². The van der Waals surface area contributed by atoms with Gasteiger partial charge in [0.05, 0.1) is 13.1 Å². The highest BCUT2D eigenvalue weighted by Gasteiger charge is 2.32. The molecule has 3 aromatic rings. The monoisotopic (exact) mass is 375 g/mol. The number of carbonyl (C=O) groups is 2. The molecule has 3 aromatic carbocycles. The number of hydrogen-bond acceptors (Lipinski definition) is 3.